The second kappa shape index (κ2) is 15.5. The van der Waals surface area contributed by atoms with Crippen LogP contribution >= 0.6 is 0 Å². The van der Waals surface area contributed by atoms with Crippen molar-refractivity contribution in [1.82, 2.24) is 9.97 Å². The van der Waals surface area contributed by atoms with Crippen molar-refractivity contribution in [2.24, 2.45) is 0 Å². The van der Waals surface area contributed by atoms with Crippen LogP contribution in [0.15, 0.2) is 36.7 Å². The van der Waals surface area contributed by atoms with Gasteiger partial charge in [-0.15, -0.1) is 0 Å². The van der Waals surface area contributed by atoms with E-state index in [1.54, 1.807) is 0 Å². The number of aryl methyl sites for hydroxylation is 1. The molecule has 1 saturated heterocycles. The van der Waals surface area contributed by atoms with Crippen molar-refractivity contribution < 1.29 is 14.3 Å². The SMILES string of the molecule is CCCCCCCCCCc1cnc(-c2ccc([C@H]3OC(=O)O[C@H]3CCCCCCC)cc2)nc1. The molecule has 0 amide bonds. The van der Waals surface area contributed by atoms with Crippen molar-refractivity contribution >= 4 is 6.16 Å². The zero-order chi connectivity index (χ0) is 24.7. The first-order chi connectivity index (χ1) is 17.2. The third-order valence-electron chi connectivity index (χ3n) is 6.92. The van der Waals surface area contributed by atoms with Crippen LogP contribution in [0.3, 0.4) is 0 Å². The van der Waals surface area contributed by atoms with Crippen LogP contribution in [-0.2, 0) is 15.9 Å². The summed E-state index contributed by atoms with van der Waals surface area (Å²) in [5.41, 5.74) is 3.13. The van der Waals surface area contributed by atoms with Gasteiger partial charge in [0.1, 0.15) is 6.10 Å². The molecule has 0 unspecified atom stereocenters. The first-order valence-electron chi connectivity index (χ1n) is 14.0. The van der Waals surface area contributed by atoms with Crippen molar-refractivity contribution in [3.05, 3.63) is 47.8 Å². The van der Waals surface area contributed by atoms with Crippen molar-refractivity contribution in [3.8, 4) is 11.4 Å². The lowest BCUT2D eigenvalue weighted by Gasteiger charge is -2.16. The molecule has 1 aromatic heterocycles. The number of benzene rings is 1. The Balaban J connectivity index is 1.45. The van der Waals surface area contributed by atoms with E-state index in [9.17, 15) is 4.79 Å². The zero-order valence-corrected chi connectivity index (χ0v) is 21.8. The summed E-state index contributed by atoms with van der Waals surface area (Å²) in [4.78, 5) is 21.0. The summed E-state index contributed by atoms with van der Waals surface area (Å²) in [6.45, 7) is 4.47. The van der Waals surface area contributed by atoms with Gasteiger partial charge in [0.2, 0.25) is 0 Å². The molecule has 1 aromatic carbocycles. The van der Waals surface area contributed by atoms with Gasteiger partial charge < -0.3 is 9.47 Å². The zero-order valence-electron chi connectivity index (χ0n) is 21.8. The molecule has 0 aliphatic carbocycles. The Morgan fingerprint density at radius 1 is 0.714 bits per heavy atom. The molecule has 35 heavy (non-hydrogen) atoms. The Labute approximate surface area is 212 Å². The maximum absolute atomic E-state index is 11.8. The van der Waals surface area contributed by atoms with Crippen LogP contribution in [0.5, 0.6) is 0 Å². The lowest BCUT2D eigenvalue weighted by Crippen LogP contribution is -2.15. The summed E-state index contributed by atoms with van der Waals surface area (Å²) in [6, 6.07) is 8.02. The van der Waals surface area contributed by atoms with Gasteiger partial charge in [0.15, 0.2) is 11.9 Å². The van der Waals surface area contributed by atoms with Crippen molar-refractivity contribution in [1.29, 1.82) is 0 Å². The van der Waals surface area contributed by atoms with Crippen LogP contribution in [0.2, 0.25) is 0 Å². The number of hydrogen-bond donors (Lipinski definition) is 0. The first-order valence-corrected chi connectivity index (χ1v) is 14.0. The first kappa shape index (κ1) is 27.2. The van der Waals surface area contributed by atoms with E-state index in [1.165, 1.54) is 82.6 Å². The van der Waals surface area contributed by atoms with Crippen LogP contribution in [0, 0.1) is 0 Å². The number of carbonyl (C=O) groups is 1. The fraction of sp³-hybridized carbons (Fsp3) is 0.633. The van der Waals surface area contributed by atoms with Crippen LogP contribution in [-0.4, -0.2) is 22.2 Å². The average Bonchev–Trinajstić information content (AvgIpc) is 3.26. The molecule has 0 spiro atoms. The molecule has 5 nitrogen and oxygen atoms in total. The van der Waals surface area contributed by atoms with Crippen LogP contribution < -0.4 is 0 Å². The van der Waals surface area contributed by atoms with E-state index >= 15 is 0 Å². The van der Waals surface area contributed by atoms with Gasteiger partial charge in [0.25, 0.3) is 0 Å². The molecule has 1 fully saturated rings. The molecule has 3 rings (SSSR count). The molecule has 192 valence electrons. The second-order valence-corrected chi connectivity index (χ2v) is 9.91. The number of unbranched alkanes of at least 4 members (excludes halogenated alkanes) is 11. The minimum atomic E-state index is -0.562. The molecule has 5 heteroatoms. The number of aromatic nitrogens is 2. The summed E-state index contributed by atoms with van der Waals surface area (Å²) < 4.78 is 10.9. The largest absolute Gasteiger partial charge is 0.509 e. The van der Waals surface area contributed by atoms with E-state index in [2.05, 4.69) is 23.8 Å². The van der Waals surface area contributed by atoms with Crippen LogP contribution in [0.1, 0.15) is 121 Å². The number of hydrogen-bond acceptors (Lipinski definition) is 5. The molecule has 1 aliphatic rings. The maximum Gasteiger partial charge on any atom is 0.509 e. The molecule has 0 radical (unpaired) electrons. The molecule has 2 heterocycles. The number of rotatable bonds is 17. The summed E-state index contributed by atoms with van der Waals surface area (Å²) in [6.07, 6.45) is 21.2. The van der Waals surface area contributed by atoms with E-state index < -0.39 is 6.16 Å². The number of nitrogens with zero attached hydrogens (tertiary/aromatic N) is 2. The van der Waals surface area contributed by atoms with Gasteiger partial charge in [-0.1, -0.05) is 109 Å². The van der Waals surface area contributed by atoms with E-state index in [1.807, 2.05) is 36.7 Å². The Bertz CT molecular complexity index is 851. The van der Waals surface area contributed by atoms with Gasteiger partial charge in [0, 0.05) is 18.0 Å². The fourth-order valence-electron chi connectivity index (χ4n) is 4.75. The summed E-state index contributed by atoms with van der Waals surface area (Å²) in [5.74, 6) is 0.725. The molecule has 1 aliphatic heterocycles. The molecule has 2 aromatic rings. The van der Waals surface area contributed by atoms with Crippen molar-refractivity contribution in [3.63, 3.8) is 0 Å². The monoisotopic (exact) mass is 480 g/mol. The quantitative estimate of drug-likeness (QED) is 0.167. The van der Waals surface area contributed by atoms with E-state index in [0.717, 1.165) is 36.2 Å². The van der Waals surface area contributed by atoms with Gasteiger partial charge in [-0.3, -0.25) is 0 Å². The highest BCUT2D eigenvalue weighted by Crippen LogP contribution is 2.34. The standard InChI is InChI=1S/C30H44N2O3/c1-3-5-7-9-10-11-13-14-16-24-22-31-29(32-23-24)26-20-18-25(19-21-26)28-27(34-30(33)35-28)17-15-12-8-6-4-2/h18-23,27-28H,3-17H2,1-2H3/t27-,28+/m0/s1. The topological polar surface area (TPSA) is 61.3 Å². The predicted molar refractivity (Wildman–Crippen MR) is 141 cm³/mol. The molecular formula is C30H44N2O3. The van der Waals surface area contributed by atoms with Gasteiger partial charge >= 0.3 is 6.16 Å². The lowest BCUT2D eigenvalue weighted by atomic mass is 9.98. The number of ether oxygens (including phenoxy) is 2. The van der Waals surface area contributed by atoms with Gasteiger partial charge in [-0.2, -0.15) is 0 Å². The van der Waals surface area contributed by atoms with Crippen molar-refractivity contribution in [2.45, 2.75) is 122 Å². The average molecular weight is 481 g/mol. The van der Waals surface area contributed by atoms with E-state index in [-0.39, 0.29) is 12.2 Å². The van der Waals surface area contributed by atoms with Crippen LogP contribution in [0.4, 0.5) is 4.79 Å². The second-order valence-electron chi connectivity index (χ2n) is 9.91. The highest BCUT2D eigenvalue weighted by atomic mass is 16.8. The summed E-state index contributed by atoms with van der Waals surface area (Å²) >= 11 is 0. The highest BCUT2D eigenvalue weighted by molar-refractivity contribution is 5.63. The molecule has 2 atom stereocenters. The smallest absolute Gasteiger partial charge is 0.427 e. The van der Waals surface area contributed by atoms with Gasteiger partial charge in [0.05, 0.1) is 0 Å². The minimum Gasteiger partial charge on any atom is -0.427 e. The molecule has 0 N–H and O–H groups in total. The molecular weight excluding hydrogens is 436 g/mol. The Morgan fingerprint density at radius 3 is 1.91 bits per heavy atom. The Hall–Kier alpha value is -2.43. The number of carbonyl (C=O) groups excluding carboxylic acids is 1. The van der Waals surface area contributed by atoms with Crippen LogP contribution in [0.25, 0.3) is 11.4 Å². The molecule has 0 saturated carbocycles. The lowest BCUT2D eigenvalue weighted by molar-refractivity contribution is 0.114. The predicted octanol–water partition coefficient (Wildman–Crippen LogP) is 8.76. The summed E-state index contributed by atoms with van der Waals surface area (Å²) in [5, 5.41) is 0. The third kappa shape index (κ3) is 9.27. The highest BCUT2D eigenvalue weighted by Gasteiger charge is 2.37. The molecule has 0 bridgehead atoms. The summed E-state index contributed by atoms with van der Waals surface area (Å²) in [7, 11) is 0. The minimum absolute atomic E-state index is 0.207. The third-order valence-corrected chi connectivity index (χ3v) is 6.92. The Kier molecular flexibility index (Phi) is 12.1. The fourth-order valence-corrected chi connectivity index (χ4v) is 4.75. The van der Waals surface area contributed by atoms with Gasteiger partial charge in [-0.25, -0.2) is 14.8 Å². The maximum atomic E-state index is 11.8. The normalized spacial score (nSPS) is 17.4. The van der Waals surface area contributed by atoms with E-state index in [0.29, 0.717) is 0 Å². The van der Waals surface area contributed by atoms with E-state index in [4.69, 9.17) is 9.47 Å². The number of cyclic esters (lactones) is 2. The Morgan fingerprint density at radius 2 is 1.29 bits per heavy atom. The van der Waals surface area contributed by atoms with Crippen molar-refractivity contribution in [2.75, 3.05) is 0 Å². The van der Waals surface area contributed by atoms with Gasteiger partial charge in [-0.05, 0) is 36.8 Å².